The van der Waals surface area contributed by atoms with Crippen LogP contribution in [-0.2, 0) is 11.3 Å². The molecule has 35 heavy (non-hydrogen) atoms. The molecule has 0 unspecified atom stereocenters. The van der Waals surface area contributed by atoms with Crippen molar-refractivity contribution in [3.8, 4) is 5.75 Å². The quantitative estimate of drug-likeness (QED) is 0.303. The molecule has 5 N–H and O–H groups in total. The van der Waals surface area contributed by atoms with Crippen LogP contribution in [0.1, 0.15) is 36.8 Å². The van der Waals surface area contributed by atoms with E-state index in [-0.39, 0.29) is 40.7 Å². The third kappa shape index (κ3) is 7.02. The number of carbonyl (C=O) groups is 4. The summed E-state index contributed by atoms with van der Waals surface area (Å²) in [4.78, 5) is 52.6. The fourth-order valence-electron chi connectivity index (χ4n) is 3.01. The number of carboxylic acids is 1. The summed E-state index contributed by atoms with van der Waals surface area (Å²) in [7, 11) is 0. The molecule has 0 aliphatic carbocycles. The normalized spacial score (nSPS) is 11.2. The molecule has 1 atom stereocenters. The van der Waals surface area contributed by atoms with Gasteiger partial charge in [-0.15, -0.1) is 0 Å². The minimum Gasteiger partial charge on any atom is -0.508 e. The molecule has 11 heteroatoms. The zero-order valence-corrected chi connectivity index (χ0v) is 19.0. The Morgan fingerprint density at radius 1 is 0.914 bits per heavy atom. The summed E-state index contributed by atoms with van der Waals surface area (Å²) in [5.74, 6) is -3.13. The zero-order chi connectivity index (χ0) is 25.4. The number of hydrogen-bond acceptors (Lipinski definition) is 6. The number of aliphatic carboxylic acids is 1. The molecular weight excluding hydrogens is 476 g/mol. The summed E-state index contributed by atoms with van der Waals surface area (Å²) < 4.78 is 0. The molecule has 180 valence electrons. The van der Waals surface area contributed by atoms with Gasteiger partial charge in [0.25, 0.3) is 17.7 Å². The highest BCUT2D eigenvalue weighted by Gasteiger charge is 2.23. The van der Waals surface area contributed by atoms with E-state index in [1.54, 1.807) is 24.3 Å². The lowest BCUT2D eigenvalue weighted by Crippen LogP contribution is -2.48. The largest absolute Gasteiger partial charge is 0.508 e. The minimum absolute atomic E-state index is 0.0431. The van der Waals surface area contributed by atoms with E-state index in [4.69, 9.17) is 11.6 Å². The van der Waals surface area contributed by atoms with E-state index >= 15 is 0 Å². The number of nitrogens with one attached hydrogen (secondary N) is 3. The van der Waals surface area contributed by atoms with Gasteiger partial charge in [0.2, 0.25) is 0 Å². The van der Waals surface area contributed by atoms with Crippen LogP contribution >= 0.6 is 11.6 Å². The number of phenolic OH excluding ortho intramolecular Hbond substituents is 1. The predicted octanol–water partition coefficient (Wildman–Crippen LogP) is 1.98. The number of phenols is 1. The van der Waals surface area contributed by atoms with Gasteiger partial charge in [-0.1, -0.05) is 29.8 Å². The van der Waals surface area contributed by atoms with Crippen LogP contribution in [0.5, 0.6) is 5.75 Å². The molecule has 10 nitrogen and oxygen atoms in total. The van der Waals surface area contributed by atoms with Crippen LogP contribution in [0, 0.1) is 0 Å². The minimum atomic E-state index is -1.43. The second-order valence-electron chi connectivity index (χ2n) is 7.34. The number of nitrogens with zero attached hydrogens (tertiary/aromatic N) is 1. The fourth-order valence-corrected chi connectivity index (χ4v) is 3.28. The molecule has 3 aromatic rings. The topological polar surface area (TPSA) is 158 Å². The Bertz CT molecular complexity index is 1250. The number of aromatic hydroxyl groups is 1. The lowest BCUT2D eigenvalue weighted by Gasteiger charge is -2.16. The monoisotopic (exact) mass is 496 g/mol. The first-order chi connectivity index (χ1) is 16.7. The van der Waals surface area contributed by atoms with Gasteiger partial charge in [0.15, 0.2) is 0 Å². The molecule has 3 amide bonds. The van der Waals surface area contributed by atoms with Crippen LogP contribution < -0.4 is 16.0 Å². The summed E-state index contributed by atoms with van der Waals surface area (Å²) in [5.41, 5.74) is 0.932. The molecule has 0 saturated heterocycles. The van der Waals surface area contributed by atoms with Crippen molar-refractivity contribution in [1.82, 2.24) is 20.9 Å². The van der Waals surface area contributed by atoms with Crippen LogP contribution in [0.3, 0.4) is 0 Å². The van der Waals surface area contributed by atoms with Crippen molar-refractivity contribution < 1.29 is 29.4 Å². The molecular formula is C24H21ClN4O6. The van der Waals surface area contributed by atoms with Gasteiger partial charge in [-0.2, -0.15) is 0 Å². The molecule has 2 aromatic carbocycles. The average Bonchev–Trinajstić information content (AvgIpc) is 2.85. The summed E-state index contributed by atoms with van der Waals surface area (Å²) in [6.45, 7) is -0.221. The first-order valence-electron chi connectivity index (χ1n) is 10.3. The Hall–Kier alpha value is -4.44. The van der Waals surface area contributed by atoms with Gasteiger partial charge in [0.1, 0.15) is 17.5 Å². The van der Waals surface area contributed by atoms with E-state index in [1.165, 1.54) is 42.6 Å². The van der Waals surface area contributed by atoms with Crippen molar-refractivity contribution in [2.75, 3.05) is 6.54 Å². The molecule has 0 bridgehead atoms. The fraction of sp³-hybridized carbons (Fsp3) is 0.125. The maximum atomic E-state index is 12.6. The van der Waals surface area contributed by atoms with Crippen molar-refractivity contribution in [2.45, 2.75) is 12.6 Å². The van der Waals surface area contributed by atoms with Crippen molar-refractivity contribution in [1.29, 1.82) is 0 Å². The third-order valence-electron chi connectivity index (χ3n) is 4.81. The second-order valence-corrected chi connectivity index (χ2v) is 7.74. The number of hydrogen-bond donors (Lipinski definition) is 5. The van der Waals surface area contributed by atoms with Gasteiger partial charge < -0.3 is 26.2 Å². The van der Waals surface area contributed by atoms with Crippen molar-refractivity contribution in [2.24, 2.45) is 0 Å². The third-order valence-corrected chi connectivity index (χ3v) is 5.12. The molecule has 0 saturated carbocycles. The van der Waals surface area contributed by atoms with E-state index in [9.17, 15) is 29.4 Å². The first kappa shape index (κ1) is 25.2. The summed E-state index contributed by atoms with van der Waals surface area (Å²) >= 11 is 6.18. The first-order valence-corrected chi connectivity index (χ1v) is 10.7. The van der Waals surface area contributed by atoms with Crippen molar-refractivity contribution in [3.63, 3.8) is 0 Å². The Balaban J connectivity index is 1.60. The van der Waals surface area contributed by atoms with Crippen LogP contribution in [-0.4, -0.2) is 51.5 Å². The second kappa shape index (κ2) is 11.6. The van der Waals surface area contributed by atoms with Crippen LogP contribution in [0.2, 0.25) is 5.02 Å². The molecule has 3 rings (SSSR count). The van der Waals surface area contributed by atoms with Gasteiger partial charge in [-0.25, -0.2) is 4.79 Å². The lowest BCUT2D eigenvalue weighted by atomic mass is 10.1. The Labute approximate surface area is 205 Å². The van der Waals surface area contributed by atoms with Crippen LogP contribution in [0.15, 0.2) is 66.9 Å². The molecule has 0 aliphatic heterocycles. The molecule has 0 spiro atoms. The number of benzene rings is 2. The van der Waals surface area contributed by atoms with Crippen molar-refractivity contribution in [3.05, 3.63) is 94.3 Å². The Morgan fingerprint density at radius 3 is 2.37 bits per heavy atom. The van der Waals surface area contributed by atoms with Gasteiger partial charge >= 0.3 is 5.97 Å². The lowest BCUT2D eigenvalue weighted by molar-refractivity contribution is -0.139. The van der Waals surface area contributed by atoms with Crippen LogP contribution in [0.4, 0.5) is 0 Å². The Morgan fingerprint density at radius 2 is 1.71 bits per heavy atom. The van der Waals surface area contributed by atoms with E-state index < -0.39 is 29.7 Å². The van der Waals surface area contributed by atoms with E-state index in [0.717, 1.165) is 0 Å². The molecule has 0 aliphatic rings. The van der Waals surface area contributed by atoms with E-state index in [2.05, 4.69) is 20.9 Å². The zero-order valence-electron chi connectivity index (χ0n) is 18.2. The molecule has 1 heterocycles. The van der Waals surface area contributed by atoms with E-state index in [0.29, 0.717) is 5.56 Å². The van der Waals surface area contributed by atoms with Gasteiger partial charge in [0.05, 0.1) is 10.6 Å². The highest BCUT2D eigenvalue weighted by Crippen LogP contribution is 2.19. The standard InChI is InChI=1S/C24H21ClN4O6/c25-18-11-15(21(31)27-12-14-4-3-5-16(30)10-14)7-8-17(18)22(32)29-20(24(34)35)13-28-23(33)19-6-1-2-9-26-19/h1-11,20,30H,12-13H2,(H,27,31)(H,28,33)(H,29,32)(H,34,35)/t20-/m0/s1. The Kier molecular flexibility index (Phi) is 8.36. The number of carboxylic acid groups (broad SMARTS) is 1. The van der Waals surface area contributed by atoms with Crippen molar-refractivity contribution >= 4 is 35.3 Å². The number of aromatic nitrogens is 1. The van der Waals surface area contributed by atoms with Gasteiger partial charge in [-0.3, -0.25) is 19.4 Å². The van der Waals surface area contributed by atoms with E-state index in [1.807, 2.05) is 0 Å². The molecule has 1 aromatic heterocycles. The number of amides is 3. The van der Waals surface area contributed by atoms with Crippen LogP contribution in [0.25, 0.3) is 0 Å². The molecule has 0 fully saturated rings. The number of carbonyl (C=O) groups excluding carboxylic acids is 3. The summed E-state index contributed by atoms with van der Waals surface area (Å²) in [5, 5.41) is 26.2. The summed E-state index contributed by atoms with van der Waals surface area (Å²) in [6.07, 6.45) is 1.42. The average molecular weight is 497 g/mol. The number of pyridine rings is 1. The smallest absolute Gasteiger partial charge is 0.328 e. The van der Waals surface area contributed by atoms with Gasteiger partial charge in [-0.05, 0) is 48.0 Å². The van der Waals surface area contributed by atoms with Gasteiger partial charge in [0, 0.05) is 24.8 Å². The predicted molar refractivity (Wildman–Crippen MR) is 126 cm³/mol. The highest BCUT2D eigenvalue weighted by molar-refractivity contribution is 6.34. The SMILES string of the molecule is O=C(NCc1cccc(O)c1)c1ccc(C(=O)N[C@@H](CNC(=O)c2ccccn2)C(=O)O)c(Cl)c1. The molecule has 0 radical (unpaired) electrons. The summed E-state index contributed by atoms with van der Waals surface area (Å²) in [6, 6.07) is 13.6. The maximum Gasteiger partial charge on any atom is 0.328 e. The highest BCUT2D eigenvalue weighted by atomic mass is 35.5. The number of halogens is 1. The number of rotatable bonds is 9. The maximum absolute atomic E-state index is 12.6.